The lowest BCUT2D eigenvalue weighted by Crippen LogP contribution is -2.50. The number of carbonyl (C=O) groups is 2. The molecule has 7 nitrogen and oxygen atoms in total. The third kappa shape index (κ3) is 7.46. The quantitative estimate of drug-likeness (QED) is 0.551. The van der Waals surface area contributed by atoms with Gasteiger partial charge in [0.1, 0.15) is 11.8 Å². The summed E-state index contributed by atoms with van der Waals surface area (Å²) in [6, 6.07) is 5.33. The maximum absolute atomic E-state index is 12.2. The number of nitrogens with two attached hydrogens (primary N) is 1. The Labute approximate surface area is 161 Å². The summed E-state index contributed by atoms with van der Waals surface area (Å²) >= 11 is 0. The number of phenols is 1. The van der Waals surface area contributed by atoms with Crippen molar-refractivity contribution in [2.24, 2.45) is 17.6 Å². The van der Waals surface area contributed by atoms with E-state index in [2.05, 4.69) is 29.4 Å². The Balaban J connectivity index is 1.74. The molecule has 1 aliphatic rings. The summed E-state index contributed by atoms with van der Waals surface area (Å²) in [6.07, 6.45) is 2.43. The summed E-state index contributed by atoms with van der Waals surface area (Å²) in [7, 11) is 0. The summed E-state index contributed by atoms with van der Waals surface area (Å²) in [5.74, 6) is 0.702. The number of benzene rings is 1. The number of nitrogens with zero attached hydrogens (tertiary/aromatic N) is 1. The standard InChI is InChI=1S/C20H32N4O3/c1-14(2)13-24-9-7-16(8-10-24)12-22-20(27)23-18(19(21)26)11-15-3-5-17(25)6-4-15/h3-6,14,16,18,25H,7-13H2,1-2H3,(H2,21,26)(H2,22,23,27)/t18-/m0/s1. The van der Waals surface area contributed by atoms with Crippen LogP contribution in [-0.4, -0.2) is 54.2 Å². The number of carbonyl (C=O) groups excluding carboxylic acids is 2. The fourth-order valence-corrected chi connectivity index (χ4v) is 3.43. The van der Waals surface area contributed by atoms with E-state index in [9.17, 15) is 14.7 Å². The van der Waals surface area contributed by atoms with Gasteiger partial charge in [-0.25, -0.2) is 4.79 Å². The molecular weight excluding hydrogens is 344 g/mol. The highest BCUT2D eigenvalue weighted by Gasteiger charge is 2.22. The summed E-state index contributed by atoms with van der Waals surface area (Å²) in [5.41, 5.74) is 6.23. The minimum Gasteiger partial charge on any atom is -0.508 e. The number of hydrogen-bond donors (Lipinski definition) is 4. The predicted molar refractivity (Wildman–Crippen MR) is 105 cm³/mol. The van der Waals surface area contributed by atoms with Crippen molar-refractivity contribution in [3.05, 3.63) is 29.8 Å². The minimum atomic E-state index is -0.789. The number of aromatic hydroxyl groups is 1. The summed E-state index contributed by atoms with van der Waals surface area (Å²) in [4.78, 5) is 26.3. The molecule has 0 unspecified atom stereocenters. The Kier molecular flexibility index (Phi) is 7.91. The van der Waals surface area contributed by atoms with Gasteiger partial charge in [-0.1, -0.05) is 26.0 Å². The average Bonchev–Trinajstić information content (AvgIpc) is 2.62. The topological polar surface area (TPSA) is 108 Å². The first-order valence-corrected chi connectivity index (χ1v) is 9.67. The number of primary amides is 1. The number of hydrogen-bond acceptors (Lipinski definition) is 4. The van der Waals surface area contributed by atoms with Crippen LogP contribution in [0.1, 0.15) is 32.3 Å². The molecule has 5 N–H and O–H groups in total. The Morgan fingerprint density at radius 3 is 2.41 bits per heavy atom. The molecule has 1 heterocycles. The monoisotopic (exact) mass is 376 g/mol. The van der Waals surface area contributed by atoms with Gasteiger partial charge in [0.05, 0.1) is 0 Å². The van der Waals surface area contributed by atoms with Crippen LogP contribution in [0.2, 0.25) is 0 Å². The van der Waals surface area contributed by atoms with Crippen molar-refractivity contribution in [2.45, 2.75) is 39.2 Å². The van der Waals surface area contributed by atoms with Crippen molar-refractivity contribution in [2.75, 3.05) is 26.2 Å². The number of likely N-dealkylation sites (tertiary alicyclic amines) is 1. The second kappa shape index (κ2) is 10.2. The van der Waals surface area contributed by atoms with Gasteiger partial charge in [0.25, 0.3) is 0 Å². The lowest BCUT2D eigenvalue weighted by molar-refractivity contribution is -0.119. The summed E-state index contributed by atoms with van der Waals surface area (Å²) in [5, 5.41) is 14.9. The van der Waals surface area contributed by atoms with Gasteiger partial charge in [-0.05, 0) is 55.5 Å². The Bertz CT molecular complexity index is 610. The van der Waals surface area contributed by atoms with E-state index in [0.29, 0.717) is 18.4 Å². The molecule has 1 fully saturated rings. The van der Waals surface area contributed by atoms with Crippen LogP contribution in [0, 0.1) is 11.8 Å². The Morgan fingerprint density at radius 2 is 1.85 bits per heavy atom. The van der Waals surface area contributed by atoms with Crippen LogP contribution in [0.4, 0.5) is 4.79 Å². The van der Waals surface area contributed by atoms with Crippen molar-refractivity contribution >= 4 is 11.9 Å². The Hall–Kier alpha value is -2.28. The van der Waals surface area contributed by atoms with Gasteiger partial charge in [0.15, 0.2) is 0 Å². The fraction of sp³-hybridized carbons (Fsp3) is 0.600. The molecular formula is C20H32N4O3. The largest absolute Gasteiger partial charge is 0.508 e. The molecule has 0 aliphatic carbocycles. The highest BCUT2D eigenvalue weighted by Crippen LogP contribution is 2.17. The number of phenolic OH excluding ortho intramolecular Hbond substituents is 1. The zero-order chi connectivity index (χ0) is 19.8. The van der Waals surface area contributed by atoms with E-state index >= 15 is 0 Å². The first-order valence-electron chi connectivity index (χ1n) is 9.67. The lowest BCUT2D eigenvalue weighted by atomic mass is 9.96. The molecule has 2 rings (SSSR count). The van der Waals surface area contributed by atoms with Crippen molar-refractivity contribution in [1.29, 1.82) is 0 Å². The van der Waals surface area contributed by atoms with Gasteiger partial charge in [0.2, 0.25) is 5.91 Å². The molecule has 1 aromatic rings. The number of rotatable bonds is 8. The number of amides is 3. The first kappa shape index (κ1) is 21.0. The molecule has 1 aliphatic heterocycles. The molecule has 1 saturated heterocycles. The Morgan fingerprint density at radius 1 is 1.22 bits per heavy atom. The first-order chi connectivity index (χ1) is 12.8. The van der Waals surface area contributed by atoms with Gasteiger partial charge < -0.3 is 26.4 Å². The fourth-order valence-electron chi connectivity index (χ4n) is 3.43. The lowest BCUT2D eigenvalue weighted by Gasteiger charge is -2.33. The van der Waals surface area contributed by atoms with E-state index in [1.807, 2.05) is 0 Å². The van der Waals surface area contributed by atoms with Crippen LogP contribution in [-0.2, 0) is 11.2 Å². The van der Waals surface area contributed by atoms with Crippen LogP contribution in [0.3, 0.4) is 0 Å². The van der Waals surface area contributed by atoms with Gasteiger partial charge in [0, 0.05) is 19.5 Å². The van der Waals surface area contributed by atoms with Gasteiger partial charge in [-0.3, -0.25) is 4.79 Å². The number of nitrogens with one attached hydrogen (secondary N) is 2. The van der Waals surface area contributed by atoms with Gasteiger partial charge in [-0.2, -0.15) is 0 Å². The van der Waals surface area contributed by atoms with E-state index in [0.717, 1.165) is 38.0 Å². The van der Waals surface area contributed by atoms with Crippen molar-refractivity contribution < 1.29 is 14.7 Å². The summed E-state index contributed by atoms with van der Waals surface area (Å²) < 4.78 is 0. The molecule has 0 spiro atoms. The zero-order valence-electron chi connectivity index (χ0n) is 16.3. The number of urea groups is 1. The molecule has 0 bridgehead atoms. The van der Waals surface area contributed by atoms with Crippen molar-refractivity contribution in [3.63, 3.8) is 0 Å². The predicted octanol–water partition coefficient (Wildman–Crippen LogP) is 1.46. The van der Waals surface area contributed by atoms with Crippen molar-refractivity contribution in [3.8, 4) is 5.75 Å². The highest BCUT2D eigenvalue weighted by atomic mass is 16.3. The second-order valence-electron chi connectivity index (χ2n) is 7.82. The van der Waals surface area contributed by atoms with E-state index in [-0.39, 0.29) is 18.2 Å². The molecule has 7 heteroatoms. The normalized spacial score (nSPS) is 16.9. The SMILES string of the molecule is CC(C)CN1CCC(CNC(=O)N[C@@H](Cc2ccc(O)cc2)C(N)=O)CC1. The van der Waals surface area contributed by atoms with Gasteiger partial charge >= 0.3 is 6.03 Å². The summed E-state index contributed by atoms with van der Waals surface area (Å²) in [6.45, 7) is 8.31. The molecule has 0 radical (unpaired) electrons. The van der Waals surface area contributed by atoms with E-state index in [1.165, 1.54) is 0 Å². The molecule has 0 aromatic heterocycles. The van der Waals surface area contributed by atoms with Crippen LogP contribution in [0.25, 0.3) is 0 Å². The second-order valence-corrected chi connectivity index (χ2v) is 7.82. The van der Waals surface area contributed by atoms with Crippen LogP contribution < -0.4 is 16.4 Å². The molecule has 1 atom stereocenters. The smallest absolute Gasteiger partial charge is 0.315 e. The maximum atomic E-state index is 12.2. The van der Waals surface area contributed by atoms with Gasteiger partial charge in [-0.15, -0.1) is 0 Å². The molecule has 3 amide bonds. The highest BCUT2D eigenvalue weighted by molar-refractivity contribution is 5.86. The maximum Gasteiger partial charge on any atom is 0.315 e. The molecule has 150 valence electrons. The average molecular weight is 377 g/mol. The third-order valence-electron chi connectivity index (χ3n) is 4.91. The number of piperidine rings is 1. The molecule has 27 heavy (non-hydrogen) atoms. The van der Waals surface area contributed by atoms with E-state index in [1.54, 1.807) is 24.3 Å². The zero-order valence-corrected chi connectivity index (χ0v) is 16.3. The van der Waals surface area contributed by atoms with E-state index in [4.69, 9.17) is 5.73 Å². The van der Waals surface area contributed by atoms with Crippen LogP contribution in [0.5, 0.6) is 5.75 Å². The third-order valence-corrected chi connectivity index (χ3v) is 4.91. The minimum absolute atomic E-state index is 0.152. The molecule has 0 saturated carbocycles. The van der Waals surface area contributed by atoms with Crippen LogP contribution >= 0.6 is 0 Å². The van der Waals surface area contributed by atoms with Crippen molar-refractivity contribution in [1.82, 2.24) is 15.5 Å². The van der Waals surface area contributed by atoms with Crippen LogP contribution in [0.15, 0.2) is 24.3 Å². The van der Waals surface area contributed by atoms with E-state index < -0.39 is 11.9 Å². The molecule has 1 aromatic carbocycles.